The molecule has 2 rings (SSSR count). The summed E-state index contributed by atoms with van der Waals surface area (Å²) in [7, 11) is 3.40. The predicted octanol–water partition coefficient (Wildman–Crippen LogP) is 5.37. The van der Waals surface area contributed by atoms with E-state index >= 15 is 0 Å². The lowest BCUT2D eigenvalue weighted by atomic mass is 9.81. The van der Waals surface area contributed by atoms with Gasteiger partial charge in [0, 0.05) is 30.8 Å². The highest BCUT2D eigenvalue weighted by Gasteiger charge is 2.19. The minimum atomic E-state index is -0.114. The number of hydrogen-bond acceptors (Lipinski definition) is 3. The molecule has 4 nitrogen and oxygen atoms in total. The maximum Gasteiger partial charge on any atom is 0.253 e. The molecule has 154 valence electrons. The lowest BCUT2D eigenvalue weighted by Gasteiger charge is -2.24. The van der Waals surface area contributed by atoms with Gasteiger partial charge in [0.2, 0.25) is 0 Å². The lowest BCUT2D eigenvalue weighted by molar-refractivity contribution is 0.0827. The smallest absolute Gasteiger partial charge is 0.253 e. The first-order valence-electron chi connectivity index (χ1n) is 10.0. The van der Waals surface area contributed by atoms with Crippen LogP contribution >= 0.6 is 0 Å². The lowest BCUT2D eigenvalue weighted by Crippen LogP contribution is -2.21. The highest BCUT2D eigenvalue weighted by molar-refractivity contribution is 6.07. The molecule has 0 saturated heterocycles. The molecular formula is C25H31NO3. The van der Waals surface area contributed by atoms with E-state index in [0.717, 1.165) is 17.7 Å². The highest BCUT2D eigenvalue weighted by atomic mass is 16.5. The van der Waals surface area contributed by atoms with Gasteiger partial charge in [-0.05, 0) is 60.7 Å². The van der Waals surface area contributed by atoms with E-state index in [-0.39, 0.29) is 17.1 Å². The predicted molar refractivity (Wildman–Crippen MR) is 119 cm³/mol. The van der Waals surface area contributed by atoms with Gasteiger partial charge in [0.05, 0.1) is 6.61 Å². The fourth-order valence-corrected chi connectivity index (χ4v) is 2.89. The van der Waals surface area contributed by atoms with Crippen molar-refractivity contribution in [2.24, 2.45) is 0 Å². The van der Waals surface area contributed by atoms with Gasteiger partial charge < -0.3 is 9.64 Å². The van der Waals surface area contributed by atoms with Crippen molar-refractivity contribution in [2.75, 3.05) is 20.7 Å². The zero-order chi connectivity index (χ0) is 21.6. The van der Waals surface area contributed by atoms with Crippen molar-refractivity contribution in [1.29, 1.82) is 0 Å². The normalized spacial score (nSPS) is 11.5. The fourth-order valence-electron chi connectivity index (χ4n) is 2.89. The molecule has 4 heteroatoms. The molecule has 0 atom stereocenters. The monoisotopic (exact) mass is 393 g/mol. The van der Waals surface area contributed by atoms with Gasteiger partial charge in [-0.3, -0.25) is 9.59 Å². The van der Waals surface area contributed by atoms with Crippen LogP contribution in [0.15, 0.2) is 48.5 Å². The van der Waals surface area contributed by atoms with Crippen LogP contribution in [0.25, 0.3) is 6.08 Å². The van der Waals surface area contributed by atoms with Crippen LogP contribution in [0.4, 0.5) is 0 Å². The topological polar surface area (TPSA) is 46.6 Å². The van der Waals surface area contributed by atoms with E-state index in [1.165, 1.54) is 10.5 Å². The van der Waals surface area contributed by atoms with E-state index in [2.05, 4.69) is 32.9 Å². The van der Waals surface area contributed by atoms with E-state index in [1.54, 1.807) is 50.5 Å². The van der Waals surface area contributed by atoms with Crippen LogP contribution in [0.3, 0.4) is 0 Å². The largest absolute Gasteiger partial charge is 0.493 e. The fraction of sp³-hybridized carbons (Fsp3) is 0.360. The van der Waals surface area contributed by atoms with Crippen molar-refractivity contribution in [1.82, 2.24) is 4.90 Å². The van der Waals surface area contributed by atoms with Crippen LogP contribution in [-0.2, 0) is 5.41 Å². The zero-order valence-electron chi connectivity index (χ0n) is 18.3. The van der Waals surface area contributed by atoms with Crippen LogP contribution in [0.1, 0.15) is 66.0 Å². The van der Waals surface area contributed by atoms with Crippen LogP contribution in [0.2, 0.25) is 0 Å². The van der Waals surface area contributed by atoms with Crippen molar-refractivity contribution in [3.05, 3.63) is 70.8 Å². The quantitative estimate of drug-likeness (QED) is 0.447. The molecule has 0 aliphatic carbocycles. The Kier molecular flexibility index (Phi) is 7.38. The van der Waals surface area contributed by atoms with Gasteiger partial charge >= 0.3 is 0 Å². The Bertz CT molecular complexity index is 893. The number of nitrogens with zero attached hydrogens (tertiary/aromatic N) is 1. The number of benzene rings is 2. The SMILES string of the molecule is CCOc1ccc(C(C)(C)CC)cc1C=CC(=O)c1ccc(C(=O)N(C)C)cc1. The molecule has 0 radical (unpaired) electrons. The molecule has 0 unspecified atom stereocenters. The van der Waals surface area contributed by atoms with Gasteiger partial charge in [-0.1, -0.05) is 39.0 Å². The summed E-state index contributed by atoms with van der Waals surface area (Å²) >= 11 is 0. The molecule has 0 spiro atoms. The second-order valence-electron chi connectivity index (χ2n) is 7.90. The second kappa shape index (κ2) is 9.55. The summed E-state index contributed by atoms with van der Waals surface area (Å²) in [6.07, 6.45) is 4.38. The summed E-state index contributed by atoms with van der Waals surface area (Å²) < 4.78 is 5.74. The third-order valence-corrected chi connectivity index (χ3v) is 5.21. The van der Waals surface area contributed by atoms with Crippen molar-refractivity contribution in [2.45, 2.75) is 39.5 Å². The van der Waals surface area contributed by atoms with Crippen LogP contribution < -0.4 is 4.74 Å². The summed E-state index contributed by atoms with van der Waals surface area (Å²) in [5.41, 5.74) is 3.25. The highest BCUT2D eigenvalue weighted by Crippen LogP contribution is 2.31. The molecule has 0 aliphatic rings. The maximum atomic E-state index is 12.6. The van der Waals surface area contributed by atoms with Crippen LogP contribution in [0, 0.1) is 0 Å². The third kappa shape index (κ3) is 5.57. The Balaban J connectivity index is 2.28. The van der Waals surface area contributed by atoms with E-state index in [0.29, 0.717) is 17.7 Å². The van der Waals surface area contributed by atoms with Gasteiger partial charge in [-0.25, -0.2) is 0 Å². The molecule has 0 heterocycles. The van der Waals surface area contributed by atoms with Gasteiger partial charge in [0.15, 0.2) is 5.78 Å². The summed E-state index contributed by atoms with van der Waals surface area (Å²) in [4.78, 5) is 26.1. The molecule has 0 fully saturated rings. The molecule has 0 aliphatic heterocycles. The van der Waals surface area contributed by atoms with E-state index in [9.17, 15) is 9.59 Å². The average molecular weight is 394 g/mol. The van der Waals surface area contributed by atoms with Crippen molar-refractivity contribution in [3.8, 4) is 5.75 Å². The number of ketones is 1. The molecular weight excluding hydrogens is 362 g/mol. The Morgan fingerprint density at radius 1 is 1.00 bits per heavy atom. The zero-order valence-corrected chi connectivity index (χ0v) is 18.3. The summed E-state index contributed by atoms with van der Waals surface area (Å²) in [6.45, 7) is 9.09. The molecule has 0 N–H and O–H groups in total. The Labute approximate surface area is 174 Å². The number of carbonyl (C=O) groups is 2. The Hall–Kier alpha value is -2.88. The molecule has 29 heavy (non-hydrogen) atoms. The molecule has 0 bridgehead atoms. The summed E-state index contributed by atoms with van der Waals surface area (Å²) in [5.74, 6) is 0.562. The maximum absolute atomic E-state index is 12.6. The average Bonchev–Trinajstić information content (AvgIpc) is 2.72. The van der Waals surface area contributed by atoms with E-state index in [4.69, 9.17) is 4.74 Å². The second-order valence-corrected chi connectivity index (χ2v) is 7.90. The molecule has 2 aromatic carbocycles. The molecule has 0 aromatic heterocycles. The number of rotatable bonds is 8. The number of ether oxygens (including phenoxy) is 1. The van der Waals surface area contributed by atoms with Gasteiger partial charge in [0.25, 0.3) is 5.91 Å². The van der Waals surface area contributed by atoms with Crippen molar-refractivity contribution >= 4 is 17.8 Å². The van der Waals surface area contributed by atoms with Gasteiger partial charge in [-0.15, -0.1) is 0 Å². The number of hydrogen-bond donors (Lipinski definition) is 0. The van der Waals surface area contributed by atoms with Crippen molar-refractivity contribution in [3.63, 3.8) is 0 Å². The standard InChI is InChI=1S/C25H31NO3/c1-7-25(3,4)21-14-16-23(29-8-2)20(17-21)13-15-22(27)18-9-11-19(12-10-18)24(28)26(5)6/h9-17H,7-8H2,1-6H3. The third-order valence-electron chi connectivity index (χ3n) is 5.21. The minimum absolute atomic E-state index is 0.0478. The number of carbonyl (C=O) groups excluding carboxylic acids is 2. The number of amides is 1. The molecule has 1 amide bonds. The van der Waals surface area contributed by atoms with Gasteiger partial charge in [0.1, 0.15) is 5.75 Å². The first kappa shape index (κ1) is 22.4. The summed E-state index contributed by atoms with van der Waals surface area (Å²) in [6, 6.07) is 12.9. The van der Waals surface area contributed by atoms with Crippen LogP contribution in [-0.4, -0.2) is 37.3 Å². The molecule has 0 saturated carbocycles. The Morgan fingerprint density at radius 3 is 2.17 bits per heavy atom. The van der Waals surface area contributed by atoms with Crippen molar-refractivity contribution < 1.29 is 14.3 Å². The summed E-state index contributed by atoms with van der Waals surface area (Å²) in [5, 5.41) is 0. The first-order valence-corrected chi connectivity index (χ1v) is 10.0. The van der Waals surface area contributed by atoms with Gasteiger partial charge in [-0.2, -0.15) is 0 Å². The van der Waals surface area contributed by atoms with E-state index < -0.39 is 0 Å². The van der Waals surface area contributed by atoms with E-state index in [1.807, 2.05) is 13.0 Å². The first-order chi connectivity index (χ1) is 13.7. The minimum Gasteiger partial charge on any atom is -0.493 e. The number of allylic oxidation sites excluding steroid dienone is 1. The molecule has 2 aromatic rings. The van der Waals surface area contributed by atoms with Crippen LogP contribution in [0.5, 0.6) is 5.75 Å². The Morgan fingerprint density at radius 2 is 1.62 bits per heavy atom.